The van der Waals surface area contributed by atoms with Crippen LogP contribution in [0.25, 0.3) is 11.1 Å². The Morgan fingerprint density at radius 3 is 2.77 bits per heavy atom. The van der Waals surface area contributed by atoms with E-state index in [-0.39, 0.29) is 18.6 Å². The van der Waals surface area contributed by atoms with Gasteiger partial charge in [-0.25, -0.2) is 9.59 Å². The molecule has 2 bridgehead atoms. The molecular weight excluding hydrogens is 400 g/mol. The maximum Gasteiger partial charge on any atom is 0.411 e. The van der Waals surface area contributed by atoms with Gasteiger partial charge in [0.2, 0.25) is 0 Å². The lowest BCUT2D eigenvalue weighted by atomic mass is 9.96. The van der Waals surface area contributed by atoms with Crippen molar-refractivity contribution < 1.29 is 23.8 Å². The number of anilines is 2. The van der Waals surface area contributed by atoms with Gasteiger partial charge in [0.05, 0.1) is 13.7 Å². The predicted octanol–water partition coefficient (Wildman–Crippen LogP) is 3.08. The molecule has 0 radical (unpaired) electrons. The van der Waals surface area contributed by atoms with Crippen LogP contribution in [-0.4, -0.2) is 31.8 Å². The summed E-state index contributed by atoms with van der Waals surface area (Å²) in [6.07, 6.45) is 5.16. The number of nitrogens with one attached hydrogen (secondary N) is 2. The maximum atomic E-state index is 12.6. The standard InChI is InChI=1S/C22H28N4O5/c1-3-31-21(27)19-7-5-4-6-18(23)15-10-14(12-26(29)13-15)17-9-8-16(11-20(17)25-19)24-22(28)30-2/h8-13,18-19,25H,3-7,23H2,1-2H3,(H,24,28)/t18-,19+/m0/s1. The lowest BCUT2D eigenvalue weighted by Crippen LogP contribution is -2.32. The van der Waals surface area contributed by atoms with E-state index < -0.39 is 12.1 Å². The Bertz CT molecular complexity index is 949. The number of hydrogen-bond acceptors (Lipinski definition) is 7. The summed E-state index contributed by atoms with van der Waals surface area (Å²) < 4.78 is 10.6. The summed E-state index contributed by atoms with van der Waals surface area (Å²) in [6.45, 7) is 2.04. The highest BCUT2D eigenvalue weighted by Crippen LogP contribution is 2.33. The summed E-state index contributed by atoms with van der Waals surface area (Å²) >= 11 is 0. The number of benzene rings is 1. The molecule has 0 fully saturated rings. The molecule has 0 saturated heterocycles. The third kappa shape index (κ3) is 5.64. The summed E-state index contributed by atoms with van der Waals surface area (Å²) in [5.74, 6) is -0.353. The molecule has 2 aromatic rings. The minimum atomic E-state index is -0.611. The van der Waals surface area contributed by atoms with E-state index in [0.29, 0.717) is 35.3 Å². The molecule has 1 aliphatic heterocycles. The van der Waals surface area contributed by atoms with Crippen molar-refractivity contribution in [3.8, 4) is 11.1 Å². The van der Waals surface area contributed by atoms with Crippen molar-refractivity contribution in [2.24, 2.45) is 5.73 Å². The second-order valence-corrected chi connectivity index (χ2v) is 7.43. The highest BCUT2D eigenvalue weighted by atomic mass is 16.5. The number of aromatic nitrogens is 1. The third-order valence-electron chi connectivity index (χ3n) is 5.21. The van der Waals surface area contributed by atoms with Crippen LogP contribution in [0.1, 0.15) is 44.2 Å². The smallest absolute Gasteiger partial charge is 0.411 e. The second-order valence-electron chi connectivity index (χ2n) is 7.43. The molecule has 0 unspecified atom stereocenters. The largest absolute Gasteiger partial charge is 0.619 e. The average Bonchev–Trinajstić information content (AvgIpc) is 2.74. The zero-order chi connectivity index (χ0) is 22.4. The summed E-state index contributed by atoms with van der Waals surface area (Å²) in [7, 11) is 1.28. The Morgan fingerprint density at radius 1 is 1.26 bits per heavy atom. The van der Waals surface area contributed by atoms with Crippen LogP contribution in [0.4, 0.5) is 16.2 Å². The third-order valence-corrected chi connectivity index (χ3v) is 5.21. The molecular formula is C22H28N4O5. The van der Waals surface area contributed by atoms with Crippen LogP contribution in [0, 0.1) is 5.21 Å². The van der Waals surface area contributed by atoms with Gasteiger partial charge in [-0.1, -0.05) is 18.9 Å². The first kappa shape index (κ1) is 22.4. The molecule has 1 aromatic carbocycles. The van der Waals surface area contributed by atoms with E-state index in [4.69, 9.17) is 10.5 Å². The van der Waals surface area contributed by atoms with Gasteiger partial charge in [-0.3, -0.25) is 5.32 Å². The molecule has 0 spiro atoms. The first-order chi connectivity index (χ1) is 14.9. The number of pyridine rings is 1. The molecule has 166 valence electrons. The van der Waals surface area contributed by atoms with E-state index in [1.165, 1.54) is 19.5 Å². The molecule has 4 N–H and O–H groups in total. The number of amides is 1. The summed E-state index contributed by atoms with van der Waals surface area (Å²) in [4.78, 5) is 24.2. The van der Waals surface area contributed by atoms with Crippen LogP contribution in [0.2, 0.25) is 0 Å². The average molecular weight is 428 g/mol. The number of rotatable bonds is 3. The monoisotopic (exact) mass is 428 g/mol. The molecule has 0 saturated carbocycles. The van der Waals surface area contributed by atoms with Gasteiger partial charge >= 0.3 is 12.1 Å². The first-order valence-corrected chi connectivity index (χ1v) is 10.3. The molecule has 9 heteroatoms. The van der Waals surface area contributed by atoms with E-state index in [0.717, 1.165) is 23.1 Å². The van der Waals surface area contributed by atoms with Crippen molar-refractivity contribution in [3.63, 3.8) is 0 Å². The Morgan fingerprint density at radius 2 is 2.03 bits per heavy atom. The van der Waals surface area contributed by atoms with Gasteiger partial charge in [0, 0.05) is 34.1 Å². The zero-order valence-corrected chi connectivity index (χ0v) is 17.7. The molecule has 31 heavy (non-hydrogen) atoms. The topological polar surface area (TPSA) is 130 Å². The predicted molar refractivity (Wildman–Crippen MR) is 116 cm³/mol. The fourth-order valence-corrected chi connectivity index (χ4v) is 3.65. The van der Waals surface area contributed by atoms with Gasteiger partial charge in [0.25, 0.3) is 0 Å². The minimum Gasteiger partial charge on any atom is -0.619 e. The number of carbonyl (C=O) groups excluding carboxylic acids is 2. The van der Waals surface area contributed by atoms with E-state index in [9.17, 15) is 14.8 Å². The molecule has 1 aliphatic rings. The Hall–Kier alpha value is -3.33. The molecule has 9 nitrogen and oxygen atoms in total. The Balaban J connectivity index is 2.10. The fraction of sp³-hybridized carbons (Fsp3) is 0.409. The number of hydrogen-bond donors (Lipinski definition) is 3. The maximum absolute atomic E-state index is 12.6. The Kier molecular flexibility index (Phi) is 7.30. The molecule has 0 aliphatic carbocycles. The van der Waals surface area contributed by atoms with Crippen LogP contribution < -0.4 is 21.1 Å². The van der Waals surface area contributed by atoms with Crippen molar-refractivity contribution in [2.75, 3.05) is 24.4 Å². The number of carbonyl (C=O) groups is 2. The summed E-state index contributed by atoms with van der Waals surface area (Å²) in [6, 6.07) is 6.19. The normalized spacial score (nSPS) is 18.4. The number of nitrogens with zero attached hydrogens (tertiary/aromatic N) is 1. The van der Waals surface area contributed by atoms with E-state index >= 15 is 0 Å². The number of methoxy groups -OCH3 is 1. The quantitative estimate of drug-likeness (QED) is 0.389. The van der Waals surface area contributed by atoms with Crippen LogP contribution in [0.5, 0.6) is 0 Å². The Labute approximate surface area is 181 Å². The zero-order valence-electron chi connectivity index (χ0n) is 17.7. The molecule has 2 atom stereocenters. The van der Waals surface area contributed by atoms with Gasteiger partial charge in [-0.05, 0) is 38.0 Å². The fourth-order valence-electron chi connectivity index (χ4n) is 3.65. The first-order valence-electron chi connectivity index (χ1n) is 10.3. The molecule has 1 amide bonds. The van der Waals surface area contributed by atoms with Gasteiger partial charge in [-0.2, -0.15) is 4.73 Å². The molecule has 3 rings (SSSR count). The van der Waals surface area contributed by atoms with E-state index in [1.54, 1.807) is 25.1 Å². The summed E-state index contributed by atoms with van der Waals surface area (Å²) in [5, 5.41) is 18.2. The SMILES string of the molecule is CCOC(=O)[C@H]1CCCC[C@H](N)c2cc(c[n+]([O-])c2)-c2ccc(NC(=O)OC)cc2N1. The van der Waals surface area contributed by atoms with Gasteiger partial charge in [0.15, 0.2) is 12.4 Å². The lowest BCUT2D eigenvalue weighted by Gasteiger charge is -2.23. The van der Waals surface area contributed by atoms with Gasteiger partial charge in [0.1, 0.15) is 6.04 Å². The van der Waals surface area contributed by atoms with Crippen LogP contribution in [-0.2, 0) is 14.3 Å². The summed E-state index contributed by atoms with van der Waals surface area (Å²) in [5.41, 5.74) is 9.48. The number of esters is 1. The van der Waals surface area contributed by atoms with Crippen molar-refractivity contribution in [1.82, 2.24) is 0 Å². The minimum absolute atomic E-state index is 0.275. The highest BCUT2D eigenvalue weighted by molar-refractivity contribution is 5.89. The van der Waals surface area contributed by atoms with Crippen molar-refractivity contribution in [2.45, 2.75) is 44.7 Å². The van der Waals surface area contributed by atoms with Crippen LogP contribution in [0.15, 0.2) is 36.7 Å². The second kappa shape index (κ2) is 10.1. The highest BCUT2D eigenvalue weighted by Gasteiger charge is 2.23. The number of nitrogens with two attached hydrogens (primary N) is 1. The number of fused-ring (bicyclic) bond motifs is 4. The van der Waals surface area contributed by atoms with E-state index in [1.807, 2.05) is 6.07 Å². The molecule has 1 aromatic heterocycles. The molecule has 2 heterocycles. The van der Waals surface area contributed by atoms with Gasteiger partial charge in [-0.15, -0.1) is 0 Å². The van der Waals surface area contributed by atoms with Crippen LogP contribution >= 0.6 is 0 Å². The van der Waals surface area contributed by atoms with E-state index in [2.05, 4.69) is 15.4 Å². The van der Waals surface area contributed by atoms with Crippen molar-refractivity contribution >= 4 is 23.4 Å². The van der Waals surface area contributed by atoms with Gasteiger partial charge < -0.3 is 25.7 Å². The van der Waals surface area contributed by atoms with Crippen LogP contribution in [0.3, 0.4) is 0 Å². The lowest BCUT2D eigenvalue weighted by molar-refractivity contribution is -0.605. The number of ether oxygens (including phenoxy) is 2. The van der Waals surface area contributed by atoms with Crippen molar-refractivity contribution in [3.05, 3.63) is 47.4 Å². The van der Waals surface area contributed by atoms with Crippen molar-refractivity contribution in [1.29, 1.82) is 0 Å².